The highest BCUT2D eigenvalue weighted by atomic mass is 15.3. The zero-order chi connectivity index (χ0) is 11.6. The molecule has 0 radical (unpaired) electrons. The third-order valence-corrected chi connectivity index (χ3v) is 2.61. The van der Waals surface area contributed by atoms with Crippen LogP contribution in [0.2, 0.25) is 0 Å². The number of hydrogen-bond acceptors (Lipinski definition) is 3. The normalized spacial score (nSPS) is 22.4. The van der Waals surface area contributed by atoms with Gasteiger partial charge in [-0.25, -0.2) is 0 Å². The van der Waals surface area contributed by atoms with E-state index < -0.39 is 0 Å². The highest BCUT2D eigenvalue weighted by Gasteiger charge is 2.29. The van der Waals surface area contributed by atoms with Crippen LogP contribution >= 0.6 is 0 Å². The topological polar surface area (TPSA) is 41.6 Å². The number of rotatable bonds is 3. The van der Waals surface area contributed by atoms with Crippen LogP contribution in [0.25, 0.3) is 0 Å². The van der Waals surface area contributed by atoms with Crippen molar-refractivity contribution in [3.8, 4) is 0 Å². The molecule has 0 aromatic carbocycles. The Morgan fingerprint density at radius 2 is 2.07 bits per heavy atom. The molecule has 1 heterocycles. The maximum absolute atomic E-state index is 5.91. The zero-order valence-electron chi connectivity index (χ0n) is 10.7. The molecule has 1 aliphatic rings. The van der Waals surface area contributed by atoms with Crippen LogP contribution in [0.5, 0.6) is 0 Å². The third-order valence-electron chi connectivity index (χ3n) is 2.61. The molecule has 1 unspecified atom stereocenters. The monoisotopic (exact) mass is 211 g/mol. The molecule has 1 rings (SSSR count). The quantitative estimate of drug-likeness (QED) is 0.776. The molecule has 0 aromatic rings. The van der Waals surface area contributed by atoms with Crippen molar-refractivity contribution in [1.29, 1.82) is 0 Å². The van der Waals surface area contributed by atoms with Gasteiger partial charge in [-0.2, -0.15) is 0 Å². The summed E-state index contributed by atoms with van der Waals surface area (Å²) in [6.45, 7) is 13.2. The van der Waals surface area contributed by atoms with E-state index in [0.29, 0.717) is 17.4 Å². The zero-order valence-corrected chi connectivity index (χ0v) is 10.7. The summed E-state index contributed by atoms with van der Waals surface area (Å²) in [7, 11) is 0. The van der Waals surface area contributed by atoms with Gasteiger partial charge in [0.15, 0.2) is 5.96 Å². The standard InChI is InChI=1S/C12H25N3/c1-9(2)8-15-10(6-12(3,4)5)7-14-11(15)13/h9-10H,6-8H2,1-5H3,(H2,13,14). The second kappa shape index (κ2) is 4.42. The predicted octanol–water partition coefficient (Wildman–Crippen LogP) is 2.08. The summed E-state index contributed by atoms with van der Waals surface area (Å²) in [6.07, 6.45) is 1.16. The maximum atomic E-state index is 5.91. The Labute approximate surface area is 93.7 Å². The lowest BCUT2D eigenvalue weighted by atomic mass is 9.87. The van der Waals surface area contributed by atoms with Crippen molar-refractivity contribution in [2.45, 2.75) is 47.1 Å². The van der Waals surface area contributed by atoms with Gasteiger partial charge in [0, 0.05) is 6.54 Å². The molecule has 88 valence electrons. The summed E-state index contributed by atoms with van der Waals surface area (Å²) in [6, 6.07) is 0.507. The second-order valence-electron chi connectivity index (χ2n) is 6.16. The molecule has 0 aromatic heterocycles. The molecule has 0 saturated carbocycles. The van der Waals surface area contributed by atoms with Gasteiger partial charge in [-0.1, -0.05) is 34.6 Å². The van der Waals surface area contributed by atoms with Crippen molar-refractivity contribution in [3.05, 3.63) is 0 Å². The van der Waals surface area contributed by atoms with Crippen LogP contribution in [-0.4, -0.2) is 30.0 Å². The summed E-state index contributed by atoms with van der Waals surface area (Å²) in [5, 5.41) is 0. The smallest absolute Gasteiger partial charge is 0.191 e. The number of guanidine groups is 1. The van der Waals surface area contributed by atoms with Crippen molar-refractivity contribution in [3.63, 3.8) is 0 Å². The lowest BCUT2D eigenvalue weighted by Crippen LogP contribution is -2.44. The second-order valence-corrected chi connectivity index (χ2v) is 6.16. The molecule has 0 fully saturated rings. The van der Waals surface area contributed by atoms with Crippen molar-refractivity contribution in [2.75, 3.05) is 13.1 Å². The first kappa shape index (κ1) is 12.3. The van der Waals surface area contributed by atoms with E-state index >= 15 is 0 Å². The van der Waals surface area contributed by atoms with Crippen molar-refractivity contribution in [2.24, 2.45) is 22.1 Å². The lowest BCUT2D eigenvalue weighted by molar-refractivity contribution is 0.226. The summed E-state index contributed by atoms with van der Waals surface area (Å²) < 4.78 is 0. The van der Waals surface area contributed by atoms with E-state index in [0.717, 1.165) is 25.5 Å². The Bertz CT molecular complexity index is 238. The maximum Gasteiger partial charge on any atom is 0.191 e. The van der Waals surface area contributed by atoms with Crippen LogP contribution in [0, 0.1) is 11.3 Å². The van der Waals surface area contributed by atoms with Gasteiger partial charge >= 0.3 is 0 Å². The molecule has 1 aliphatic heterocycles. The van der Waals surface area contributed by atoms with Crippen LogP contribution in [0.4, 0.5) is 0 Å². The molecule has 3 heteroatoms. The van der Waals surface area contributed by atoms with Gasteiger partial charge in [0.1, 0.15) is 0 Å². The van der Waals surface area contributed by atoms with Crippen LogP contribution in [0.15, 0.2) is 4.99 Å². The minimum absolute atomic E-state index is 0.347. The molecule has 1 atom stereocenters. The Morgan fingerprint density at radius 1 is 1.47 bits per heavy atom. The molecular weight excluding hydrogens is 186 g/mol. The first-order valence-electron chi connectivity index (χ1n) is 5.86. The van der Waals surface area contributed by atoms with Crippen molar-refractivity contribution >= 4 is 5.96 Å². The van der Waals surface area contributed by atoms with Crippen molar-refractivity contribution < 1.29 is 0 Å². The summed E-state index contributed by atoms with van der Waals surface area (Å²) in [5.41, 5.74) is 6.26. The van der Waals surface area contributed by atoms with Gasteiger partial charge in [-0.3, -0.25) is 4.99 Å². The summed E-state index contributed by atoms with van der Waals surface area (Å²) in [5.74, 6) is 1.37. The highest BCUT2D eigenvalue weighted by Crippen LogP contribution is 2.26. The minimum Gasteiger partial charge on any atom is -0.370 e. The third kappa shape index (κ3) is 3.73. The molecule has 0 bridgehead atoms. The van der Waals surface area contributed by atoms with Gasteiger partial charge in [-0.05, 0) is 17.8 Å². The van der Waals surface area contributed by atoms with Crippen LogP contribution in [0.1, 0.15) is 41.0 Å². The van der Waals surface area contributed by atoms with Gasteiger partial charge in [-0.15, -0.1) is 0 Å². The van der Waals surface area contributed by atoms with Crippen LogP contribution in [0.3, 0.4) is 0 Å². The van der Waals surface area contributed by atoms with E-state index in [2.05, 4.69) is 44.5 Å². The van der Waals surface area contributed by atoms with Gasteiger partial charge in [0.05, 0.1) is 12.6 Å². The number of aliphatic imine (C=N–C) groups is 1. The van der Waals surface area contributed by atoms with E-state index in [1.807, 2.05) is 0 Å². The Kier molecular flexibility index (Phi) is 3.63. The van der Waals surface area contributed by atoms with Gasteiger partial charge in [0.25, 0.3) is 0 Å². The summed E-state index contributed by atoms with van der Waals surface area (Å²) in [4.78, 5) is 6.63. The van der Waals surface area contributed by atoms with Crippen LogP contribution in [-0.2, 0) is 0 Å². The Morgan fingerprint density at radius 3 is 2.53 bits per heavy atom. The number of nitrogens with two attached hydrogens (primary N) is 1. The fourth-order valence-electron chi connectivity index (χ4n) is 2.09. The Balaban J connectivity index is 2.59. The van der Waals surface area contributed by atoms with Crippen LogP contribution < -0.4 is 5.73 Å². The molecule has 3 nitrogen and oxygen atoms in total. The average molecular weight is 211 g/mol. The lowest BCUT2D eigenvalue weighted by Gasteiger charge is -2.32. The first-order chi connectivity index (χ1) is 6.79. The van der Waals surface area contributed by atoms with Crippen molar-refractivity contribution in [1.82, 2.24) is 4.90 Å². The van der Waals surface area contributed by atoms with E-state index in [1.165, 1.54) is 0 Å². The molecule has 15 heavy (non-hydrogen) atoms. The molecule has 2 N–H and O–H groups in total. The number of nitrogens with zero attached hydrogens (tertiary/aromatic N) is 2. The molecule has 0 saturated heterocycles. The largest absolute Gasteiger partial charge is 0.370 e. The predicted molar refractivity (Wildman–Crippen MR) is 65.9 cm³/mol. The van der Waals surface area contributed by atoms with E-state index in [-0.39, 0.29) is 0 Å². The molecule has 0 spiro atoms. The van der Waals surface area contributed by atoms with E-state index in [1.54, 1.807) is 0 Å². The fourth-order valence-corrected chi connectivity index (χ4v) is 2.09. The van der Waals surface area contributed by atoms with Gasteiger partial charge < -0.3 is 10.6 Å². The van der Waals surface area contributed by atoms with E-state index in [4.69, 9.17) is 5.73 Å². The Hall–Kier alpha value is -0.730. The molecular formula is C12H25N3. The number of hydrogen-bond donors (Lipinski definition) is 1. The first-order valence-corrected chi connectivity index (χ1v) is 5.86. The van der Waals surface area contributed by atoms with Gasteiger partial charge in [0.2, 0.25) is 0 Å². The molecule has 0 aliphatic carbocycles. The SMILES string of the molecule is CC(C)CN1C(N)=NCC1CC(C)(C)C. The summed E-state index contributed by atoms with van der Waals surface area (Å²) >= 11 is 0. The highest BCUT2D eigenvalue weighted by molar-refractivity contribution is 5.80. The molecule has 0 amide bonds. The fraction of sp³-hybridized carbons (Fsp3) is 0.917. The minimum atomic E-state index is 0.347. The average Bonchev–Trinajstić information content (AvgIpc) is 2.32. The van der Waals surface area contributed by atoms with E-state index in [9.17, 15) is 0 Å².